The van der Waals surface area contributed by atoms with Crippen LogP contribution < -0.4 is 11.3 Å². The van der Waals surface area contributed by atoms with Gasteiger partial charge in [-0.1, -0.05) is 30.3 Å². The molecular formula is C12H15N3O2. The number of likely N-dealkylation sites (tertiary alicyclic amines) is 1. The second kappa shape index (κ2) is 4.97. The molecule has 17 heavy (non-hydrogen) atoms. The van der Waals surface area contributed by atoms with E-state index in [-0.39, 0.29) is 24.2 Å². The van der Waals surface area contributed by atoms with Gasteiger partial charge in [-0.25, -0.2) is 5.84 Å². The average molecular weight is 233 g/mol. The van der Waals surface area contributed by atoms with Crippen LogP contribution in [0.3, 0.4) is 0 Å². The summed E-state index contributed by atoms with van der Waals surface area (Å²) in [6.45, 7) is 0.991. The van der Waals surface area contributed by atoms with Crippen LogP contribution in [0, 0.1) is 5.92 Å². The van der Waals surface area contributed by atoms with Crippen LogP contribution in [-0.2, 0) is 16.1 Å². The maximum absolute atomic E-state index is 11.7. The summed E-state index contributed by atoms with van der Waals surface area (Å²) in [4.78, 5) is 24.7. The zero-order chi connectivity index (χ0) is 12.3. The molecule has 5 heteroatoms. The topological polar surface area (TPSA) is 75.4 Å². The second-order valence-corrected chi connectivity index (χ2v) is 4.17. The normalized spacial score (nSPS) is 19.5. The van der Waals surface area contributed by atoms with E-state index in [1.807, 2.05) is 30.3 Å². The standard InChI is InChI=1S/C12H15N3O2/c13-14-12(17)10-6-11(16)15(8-10)7-9-4-2-1-3-5-9/h1-5,10H,6-8,13H2,(H,14,17)/t10-/m1/s1. The number of carbonyl (C=O) groups excluding carboxylic acids is 2. The zero-order valence-corrected chi connectivity index (χ0v) is 9.43. The number of nitrogens with one attached hydrogen (secondary N) is 1. The molecule has 2 amide bonds. The fourth-order valence-electron chi connectivity index (χ4n) is 2.02. The molecule has 1 aliphatic rings. The highest BCUT2D eigenvalue weighted by Crippen LogP contribution is 2.19. The van der Waals surface area contributed by atoms with Gasteiger partial charge in [-0.05, 0) is 5.56 Å². The summed E-state index contributed by atoms with van der Waals surface area (Å²) >= 11 is 0. The van der Waals surface area contributed by atoms with Crippen molar-refractivity contribution in [2.24, 2.45) is 11.8 Å². The molecule has 1 aromatic carbocycles. The van der Waals surface area contributed by atoms with E-state index in [1.165, 1.54) is 0 Å². The Kier molecular flexibility index (Phi) is 3.39. The Morgan fingerprint density at radius 1 is 1.41 bits per heavy atom. The number of amides is 2. The summed E-state index contributed by atoms with van der Waals surface area (Å²) in [6, 6.07) is 9.72. The van der Waals surface area contributed by atoms with Gasteiger partial charge in [-0.15, -0.1) is 0 Å². The lowest BCUT2D eigenvalue weighted by atomic mass is 10.1. The molecule has 90 valence electrons. The van der Waals surface area contributed by atoms with E-state index in [0.29, 0.717) is 13.1 Å². The molecule has 0 bridgehead atoms. The third-order valence-corrected chi connectivity index (χ3v) is 2.94. The van der Waals surface area contributed by atoms with Crippen molar-refractivity contribution in [1.29, 1.82) is 0 Å². The molecule has 0 radical (unpaired) electrons. The van der Waals surface area contributed by atoms with Crippen LogP contribution in [0.1, 0.15) is 12.0 Å². The van der Waals surface area contributed by atoms with Gasteiger partial charge in [0, 0.05) is 19.5 Å². The first-order chi connectivity index (χ1) is 8.20. The first-order valence-electron chi connectivity index (χ1n) is 5.53. The molecule has 0 spiro atoms. The number of hydrogen-bond acceptors (Lipinski definition) is 3. The molecule has 1 aromatic rings. The van der Waals surface area contributed by atoms with E-state index in [2.05, 4.69) is 5.43 Å². The Bertz CT molecular complexity index is 419. The SMILES string of the molecule is NNC(=O)[C@@H]1CC(=O)N(Cc2ccccc2)C1. The Labute approximate surface area is 99.6 Å². The predicted octanol–water partition coefficient (Wildman–Crippen LogP) is 0.0250. The van der Waals surface area contributed by atoms with Crippen LogP contribution in [0.2, 0.25) is 0 Å². The van der Waals surface area contributed by atoms with Gasteiger partial charge < -0.3 is 4.90 Å². The fourth-order valence-corrected chi connectivity index (χ4v) is 2.02. The fraction of sp³-hybridized carbons (Fsp3) is 0.333. The third kappa shape index (κ3) is 2.62. The lowest BCUT2D eigenvalue weighted by Crippen LogP contribution is -2.37. The molecule has 0 aromatic heterocycles. The van der Waals surface area contributed by atoms with Crippen molar-refractivity contribution in [3.63, 3.8) is 0 Å². The summed E-state index contributed by atoms with van der Waals surface area (Å²) in [6.07, 6.45) is 0.246. The summed E-state index contributed by atoms with van der Waals surface area (Å²) in [5.41, 5.74) is 3.16. The average Bonchev–Trinajstić information content (AvgIpc) is 2.71. The number of carbonyl (C=O) groups is 2. The summed E-state index contributed by atoms with van der Waals surface area (Å²) in [5, 5.41) is 0. The minimum Gasteiger partial charge on any atom is -0.338 e. The highest BCUT2D eigenvalue weighted by molar-refractivity contribution is 5.88. The van der Waals surface area contributed by atoms with Crippen LogP contribution in [0.15, 0.2) is 30.3 Å². The van der Waals surface area contributed by atoms with E-state index in [1.54, 1.807) is 4.90 Å². The van der Waals surface area contributed by atoms with Crippen molar-refractivity contribution >= 4 is 11.8 Å². The Balaban J connectivity index is 1.99. The Morgan fingerprint density at radius 3 is 2.76 bits per heavy atom. The largest absolute Gasteiger partial charge is 0.338 e. The van der Waals surface area contributed by atoms with Crippen molar-refractivity contribution in [2.45, 2.75) is 13.0 Å². The van der Waals surface area contributed by atoms with Crippen molar-refractivity contribution in [3.8, 4) is 0 Å². The first-order valence-corrected chi connectivity index (χ1v) is 5.53. The molecule has 1 heterocycles. The second-order valence-electron chi connectivity index (χ2n) is 4.17. The summed E-state index contributed by atoms with van der Waals surface area (Å²) in [7, 11) is 0. The van der Waals surface area contributed by atoms with Crippen LogP contribution >= 0.6 is 0 Å². The van der Waals surface area contributed by atoms with Gasteiger partial charge in [-0.2, -0.15) is 0 Å². The van der Waals surface area contributed by atoms with Crippen molar-refractivity contribution in [3.05, 3.63) is 35.9 Å². The van der Waals surface area contributed by atoms with E-state index >= 15 is 0 Å². The lowest BCUT2D eigenvalue weighted by molar-refractivity contribution is -0.129. The van der Waals surface area contributed by atoms with Crippen LogP contribution in [0.25, 0.3) is 0 Å². The molecule has 1 atom stereocenters. The summed E-state index contributed by atoms with van der Waals surface area (Å²) in [5.74, 6) is 4.48. The highest BCUT2D eigenvalue weighted by Gasteiger charge is 2.33. The third-order valence-electron chi connectivity index (χ3n) is 2.94. The van der Waals surface area contributed by atoms with Crippen LogP contribution in [0.5, 0.6) is 0 Å². The zero-order valence-electron chi connectivity index (χ0n) is 9.43. The van der Waals surface area contributed by atoms with E-state index < -0.39 is 0 Å². The Hall–Kier alpha value is -1.88. The number of benzene rings is 1. The predicted molar refractivity (Wildman–Crippen MR) is 62.3 cm³/mol. The molecule has 1 fully saturated rings. The molecule has 1 aliphatic heterocycles. The number of nitrogens with zero attached hydrogens (tertiary/aromatic N) is 1. The van der Waals surface area contributed by atoms with E-state index in [0.717, 1.165) is 5.56 Å². The van der Waals surface area contributed by atoms with Gasteiger partial charge in [0.15, 0.2) is 0 Å². The van der Waals surface area contributed by atoms with Gasteiger partial charge in [0.25, 0.3) is 0 Å². The van der Waals surface area contributed by atoms with Crippen molar-refractivity contribution < 1.29 is 9.59 Å². The van der Waals surface area contributed by atoms with Gasteiger partial charge in [-0.3, -0.25) is 15.0 Å². The molecule has 0 saturated carbocycles. The quantitative estimate of drug-likeness (QED) is 0.439. The van der Waals surface area contributed by atoms with Gasteiger partial charge >= 0.3 is 0 Å². The maximum Gasteiger partial charge on any atom is 0.239 e. The highest BCUT2D eigenvalue weighted by atomic mass is 16.2. The minimum atomic E-state index is -0.323. The van der Waals surface area contributed by atoms with Crippen LogP contribution in [-0.4, -0.2) is 23.3 Å². The molecule has 3 N–H and O–H groups in total. The maximum atomic E-state index is 11.7. The Morgan fingerprint density at radius 2 is 2.12 bits per heavy atom. The smallest absolute Gasteiger partial charge is 0.239 e. The minimum absolute atomic E-state index is 0.00227. The number of hydrazine groups is 1. The lowest BCUT2D eigenvalue weighted by Gasteiger charge is -2.16. The van der Waals surface area contributed by atoms with Crippen molar-refractivity contribution in [2.75, 3.05) is 6.54 Å². The van der Waals surface area contributed by atoms with Crippen molar-refractivity contribution in [1.82, 2.24) is 10.3 Å². The van der Waals surface area contributed by atoms with Gasteiger partial charge in [0.2, 0.25) is 11.8 Å². The molecular weight excluding hydrogens is 218 g/mol. The molecule has 5 nitrogen and oxygen atoms in total. The van der Waals surface area contributed by atoms with Gasteiger partial charge in [0.05, 0.1) is 5.92 Å². The van der Waals surface area contributed by atoms with Crippen LogP contribution in [0.4, 0.5) is 0 Å². The number of hydrogen-bond donors (Lipinski definition) is 2. The number of nitrogens with two attached hydrogens (primary N) is 1. The molecule has 0 unspecified atom stereocenters. The molecule has 2 rings (SSSR count). The van der Waals surface area contributed by atoms with Gasteiger partial charge in [0.1, 0.15) is 0 Å². The molecule has 1 saturated heterocycles. The molecule has 0 aliphatic carbocycles. The van der Waals surface area contributed by atoms with E-state index in [4.69, 9.17) is 5.84 Å². The van der Waals surface area contributed by atoms with E-state index in [9.17, 15) is 9.59 Å². The summed E-state index contributed by atoms with van der Waals surface area (Å²) < 4.78 is 0. The first kappa shape index (κ1) is 11.6. The number of rotatable bonds is 3. The monoisotopic (exact) mass is 233 g/mol.